The first-order valence-electron chi connectivity index (χ1n) is 9.55. The van der Waals surface area contributed by atoms with Gasteiger partial charge in [0.05, 0.1) is 6.54 Å². The molecule has 3 rings (SSSR count). The predicted octanol–water partition coefficient (Wildman–Crippen LogP) is 2.03. The molecule has 0 radical (unpaired) electrons. The second kappa shape index (κ2) is 9.95. The Morgan fingerprint density at radius 1 is 1.33 bits per heavy atom. The van der Waals surface area contributed by atoms with E-state index in [1.807, 2.05) is 28.0 Å². The van der Waals surface area contributed by atoms with Crippen LogP contribution in [-0.4, -0.2) is 67.0 Å². The van der Waals surface area contributed by atoms with Crippen LogP contribution in [0.1, 0.15) is 38.2 Å². The van der Waals surface area contributed by atoms with Crippen LogP contribution in [0.5, 0.6) is 5.75 Å². The average molecular weight is 396 g/mol. The van der Waals surface area contributed by atoms with Gasteiger partial charge in [-0.3, -0.25) is 9.59 Å². The summed E-state index contributed by atoms with van der Waals surface area (Å²) in [6.45, 7) is 7.62. The van der Waals surface area contributed by atoms with E-state index < -0.39 is 0 Å². The molecule has 2 fully saturated rings. The van der Waals surface area contributed by atoms with Crippen molar-refractivity contribution in [3.8, 4) is 5.75 Å². The first-order chi connectivity index (χ1) is 12.5. The minimum absolute atomic E-state index is 0. The third-order valence-corrected chi connectivity index (χ3v) is 5.20. The van der Waals surface area contributed by atoms with Crippen molar-refractivity contribution in [3.63, 3.8) is 0 Å². The average Bonchev–Trinajstić information content (AvgIpc) is 2.67. The molecule has 0 aromatic heterocycles. The Bertz CT molecular complexity index is 653. The number of amides is 2. The molecule has 2 aliphatic heterocycles. The molecule has 7 heteroatoms. The minimum Gasteiger partial charge on any atom is -0.484 e. The van der Waals surface area contributed by atoms with E-state index in [1.165, 1.54) is 5.56 Å². The lowest BCUT2D eigenvalue weighted by Crippen LogP contribution is -2.57. The molecule has 2 saturated heterocycles. The Morgan fingerprint density at radius 3 is 2.89 bits per heavy atom. The highest BCUT2D eigenvalue weighted by Crippen LogP contribution is 2.21. The summed E-state index contributed by atoms with van der Waals surface area (Å²) in [4.78, 5) is 28.5. The van der Waals surface area contributed by atoms with Gasteiger partial charge in [-0.25, -0.2) is 0 Å². The molecule has 0 saturated carbocycles. The number of hydrogen-bond acceptors (Lipinski definition) is 4. The van der Waals surface area contributed by atoms with Crippen LogP contribution < -0.4 is 10.1 Å². The topological polar surface area (TPSA) is 61.9 Å². The molecule has 2 amide bonds. The van der Waals surface area contributed by atoms with E-state index in [-0.39, 0.29) is 36.9 Å². The summed E-state index contributed by atoms with van der Waals surface area (Å²) in [5.41, 5.74) is 1.20. The summed E-state index contributed by atoms with van der Waals surface area (Å²) in [5.74, 6) is 1.29. The molecule has 1 N–H and O–H groups in total. The fourth-order valence-electron chi connectivity index (χ4n) is 3.64. The van der Waals surface area contributed by atoms with E-state index in [2.05, 4.69) is 25.2 Å². The van der Waals surface area contributed by atoms with Crippen molar-refractivity contribution >= 4 is 24.2 Å². The summed E-state index contributed by atoms with van der Waals surface area (Å²) in [6, 6.07) is 8.04. The van der Waals surface area contributed by atoms with Crippen molar-refractivity contribution in [2.45, 2.75) is 38.6 Å². The summed E-state index contributed by atoms with van der Waals surface area (Å²) in [6.07, 6.45) is 1.89. The van der Waals surface area contributed by atoms with Crippen LogP contribution >= 0.6 is 12.4 Å². The van der Waals surface area contributed by atoms with Gasteiger partial charge in [0.15, 0.2) is 6.61 Å². The number of piperazine rings is 1. The number of rotatable bonds is 5. The molecule has 2 heterocycles. The molecule has 0 aliphatic carbocycles. The number of halogens is 1. The van der Waals surface area contributed by atoms with Crippen LogP contribution in [0.2, 0.25) is 0 Å². The molecule has 27 heavy (non-hydrogen) atoms. The van der Waals surface area contributed by atoms with Crippen molar-refractivity contribution in [2.24, 2.45) is 0 Å². The molecule has 1 unspecified atom stereocenters. The standard InChI is InChI=1S/C20H29N3O3.ClH/c1-15(2)16-5-3-7-18(11-16)26-14-20(25)22-9-4-6-17(13-22)23-10-8-21-12-19(23)24;/h3,5,7,11,15,17,21H,4,6,8-10,12-14H2,1-2H3;1H. The summed E-state index contributed by atoms with van der Waals surface area (Å²) in [7, 11) is 0. The quantitative estimate of drug-likeness (QED) is 0.828. The van der Waals surface area contributed by atoms with Crippen molar-refractivity contribution < 1.29 is 14.3 Å². The van der Waals surface area contributed by atoms with E-state index in [1.54, 1.807) is 0 Å². The summed E-state index contributed by atoms with van der Waals surface area (Å²) in [5, 5.41) is 3.10. The first kappa shape index (κ1) is 21.5. The second-order valence-corrected chi connectivity index (χ2v) is 7.42. The number of hydrogen-bond donors (Lipinski definition) is 1. The molecule has 150 valence electrons. The number of nitrogens with zero attached hydrogens (tertiary/aromatic N) is 2. The van der Waals surface area contributed by atoms with Gasteiger partial charge >= 0.3 is 0 Å². The normalized spacial score (nSPS) is 20.4. The monoisotopic (exact) mass is 395 g/mol. The molecule has 6 nitrogen and oxygen atoms in total. The lowest BCUT2D eigenvalue weighted by atomic mass is 10.0. The number of benzene rings is 1. The minimum atomic E-state index is -0.00719. The van der Waals surface area contributed by atoms with Gasteiger partial charge in [-0.2, -0.15) is 0 Å². The van der Waals surface area contributed by atoms with Gasteiger partial charge in [-0.15, -0.1) is 12.4 Å². The highest BCUT2D eigenvalue weighted by Gasteiger charge is 2.31. The number of carbonyl (C=O) groups is 2. The molecule has 1 aromatic rings. The zero-order valence-electron chi connectivity index (χ0n) is 16.1. The third kappa shape index (κ3) is 5.59. The molecule has 2 aliphatic rings. The number of piperidine rings is 1. The fraction of sp³-hybridized carbons (Fsp3) is 0.600. The largest absolute Gasteiger partial charge is 0.484 e. The van der Waals surface area contributed by atoms with Crippen molar-refractivity contribution in [1.82, 2.24) is 15.1 Å². The Morgan fingerprint density at radius 2 is 2.15 bits per heavy atom. The Hall–Kier alpha value is -1.79. The highest BCUT2D eigenvalue weighted by molar-refractivity contribution is 5.85. The van der Waals surface area contributed by atoms with E-state index in [9.17, 15) is 9.59 Å². The van der Waals surface area contributed by atoms with Crippen molar-refractivity contribution in [1.29, 1.82) is 0 Å². The second-order valence-electron chi connectivity index (χ2n) is 7.42. The van der Waals surface area contributed by atoms with Crippen LogP contribution in [-0.2, 0) is 9.59 Å². The van der Waals surface area contributed by atoms with E-state index in [0.717, 1.165) is 38.2 Å². The zero-order valence-corrected chi connectivity index (χ0v) is 17.0. The van der Waals surface area contributed by atoms with Crippen LogP contribution in [0, 0.1) is 0 Å². The first-order valence-corrected chi connectivity index (χ1v) is 9.55. The van der Waals surface area contributed by atoms with Crippen molar-refractivity contribution in [3.05, 3.63) is 29.8 Å². The number of nitrogens with one attached hydrogen (secondary N) is 1. The van der Waals surface area contributed by atoms with Gasteiger partial charge in [0.25, 0.3) is 5.91 Å². The van der Waals surface area contributed by atoms with Crippen LogP contribution in [0.4, 0.5) is 0 Å². The summed E-state index contributed by atoms with van der Waals surface area (Å²) < 4.78 is 5.73. The van der Waals surface area contributed by atoms with Gasteiger partial charge in [-0.05, 0) is 36.5 Å². The molecule has 0 bridgehead atoms. The number of ether oxygens (including phenoxy) is 1. The molecule has 1 atom stereocenters. The Balaban J connectivity index is 0.00000261. The smallest absolute Gasteiger partial charge is 0.260 e. The van der Waals surface area contributed by atoms with Gasteiger partial charge in [-0.1, -0.05) is 26.0 Å². The summed E-state index contributed by atoms with van der Waals surface area (Å²) >= 11 is 0. The molecule has 0 spiro atoms. The lowest BCUT2D eigenvalue weighted by Gasteiger charge is -2.41. The van der Waals surface area contributed by atoms with E-state index in [0.29, 0.717) is 19.0 Å². The van der Waals surface area contributed by atoms with Gasteiger partial charge in [0.2, 0.25) is 5.91 Å². The van der Waals surface area contributed by atoms with Crippen LogP contribution in [0.3, 0.4) is 0 Å². The van der Waals surface area contributed by atoms with E-state index >= 15 is 0 Å². The third-order valence-electron chi connectivity index (χ3n) is 5.20. The van der Waals surface area contributed by atoms with Crippen LogP contribution in [0.15, 0.2) is 24.3 Å². The lowest BCUT2D eigenvalue weighted by molar-refractivity contribution is -0.141. The molecular formula is C20H30ClN3O3. The zero-order chi connectivity index (χ0) is 18.5. The Labute approximate surface area is 167 Å². The maximum atomic E-state index is 12.6. The number of likely N-dealkylation sites (tertiary alicyclic amines) is 1. The molecule has 1 aromatic carbocycles. The Kier molecular flexibility index (Phi) is 7.92. The SMILES string of the molecule is CC(C)c1cccc(OCC(=O)N2CCCC(N3CCNCC3=O)C2)c1.Cl. The predicted molar refractivity (Wildman–Crippen MR) is 107 cm³/mol. The van der Waals surface area contributed by atoms with Crippen LogP contribution in [0.25, 0.3) is 0 Å². The maximum Gasteiger partial charge on any atom is 0.260 e. The van der Waals surface area contributed by atoms with Gasteiger partial charge in [0, 0.05) is 32.2 Å². The van der Waals surface area contributed by atoms with E-state index in [4.69, 9.17) is 4.74 Å². The van der Waals surface area contributed by atoms with Crippen molar-refractivity contribution in [2.75, 3.05) is 39.3 Å². The molecular weight excluding hydrogens is 366 g/mol. The fourth-order valence-corrected chi connectivity index (χ4v) is 3.64. The van der Waals surface area contributed by atoms with Gasteiger partial charge in [0.1, 0.15) is 5.75 Å². The van der Waals surface area contributed by atoms with Gasteiger partial charge < -0.3 is 19.9 Å². The highest BCUT2D eigenvalue weighted by atomic mass is 35.5. The number of carbonyl (C=O) groups excluding carboxylic acids is 2. The maximum absolute atomic E-state index is 12.6.